The van der Waals surface area contributed by atoms with Crippen molar-refractivity contribution in [3.05, 3.63) is 0 Å². The molecule has 6 atom stereocenters. The molecule has 0 aromatic rings. The fourth-order valence-electron chi connectivity index (χ4n) is 6.20. The number of carbonyl (C=O) groups excluding carboxylic acids is 2. The fourth-order valence-corrected chi connectivity index (χ4v) is 6.20. The van der Waals surface area contributed by atoms with Gasteiger partial charge in [0.05, 0.1) is 0 Å². The Kier molecular flexibility index (Phi) is 6.59. The SMILES string of the molecule is CC(=O)CC1(C)C(C)(C(C)C(C)C(C)C(C)C(C)C)C(=O)C(C)(C)C1(C)C. The summed E-state index contributed by atoms with van der Waals surface area (Å²) in [7, 11) is 0. The van der Waals surface area contributed by atoms with E-state index in [1.807, 2.05) is 0 Å². The zero-order chi connectivity index (χ0) is 21.7. The first-order valence-corrected chi connectivity index (χ1v) is 11.0. The van der Waals surface area contributed by atoms with Crippen LogP contribution in [0, 0.1) is 51.2 Å². The van der Waals surface area contributed by atoms with Crippen molar-refractivity contribution in [3.63, 3.8) is 0 Å². The average Bonchev–Trinajstić information content (AvgIpc) is 2.62. The first-order chi connectivity index (χ1) is 11.9. The first kappa shape index (κ1) is 24.4. The molecule has 0 aromatic carbocycles. The summed E-state index contributed by atoms with van der Waals surface area (Å²) in [6.07, 6.45) is 0.469. The third-order valence-corrected chi connectivity index (χ3v) is 10.1. The van der Waals surface area contributed by atoms with Crippen molar-refractivity contribution in [1.29, 1.82) is 0 Å². The highest BCUT2D eigenvalue weighted by Crippen LogP contribution is 2.72. The third kappa shape index (κ3) is 3.23. The highest BCUT2D eigenvalue weighted by molar-refractivity contribution is 5.95. The molecule has 6 unspecified atom stereocenters. The van der Waals surface area contributed by atoms with Crippen LogP contribution >= 0.6 is 0 Å². The Labute approximate surface area is 169 Å². The molecule has 2 nitrogen and oxygen atoms in total. The monoisotopic (exact) mass is 378 g/mol. The molecular formula is C25H46O2. The van der Waals surface area contributed by atoms with Crippen molar-refractivity contribution in [2.45, 2.75) is 96.4 Å². The van der Waals surface area contributed by atoms with E-state index in [4.69, 9.17) is 0 Å². The van der Waals surface area contributed by atoms with Crippen LogP contribution in [0.2, 0.25) is 0 Å². The minimum atomic E-state index is -0.518. The van der Waals surface area contributed by atoms with E-state index in [0.29, 0.717) is 35.9 Å². The third-order valence-electron chi connectivity index (χ3n) is 10.1. The van der Waals surface area contributed by atoms with Crippen LogP contribution in [-0.2, 0) is 9.59 Å². The van der Waals surface area contributed by atoms with Crippen LogP contribution in [-0.4, -0.2) is 11.6 Å². The number of ketones is 2. The predicted octanol–water partition coefficient (Wildman–Crippen LogP) is 6.81. The molecule has 0 radical (unpaired) electrons. The molecule has 0 spiro atoms. The maximum Gasteiger partial charge on any atom is 0.145 e. The Balaban J connectivity index is 3.55. The molecule has 0 amide bonds. The van der Waals surface area contributed by atoms with Gasteiger partial charge < -0.3 is 4.79 Å². The summed E-state index contributed by atoms with van der Waals surface area (Å²) in [5.41, 5.74) is -1.58. The van der Waals surface area contributed by atoms with Gasteiger partial charge in [-0.05, 0) is 47.3 Å². The molecule has 1 rings (SSSR count). The van der Waals surface area contributed by atoms with Crippen LogP contribution in [0.25, 0.3) is 0 Å². The summed E-state index contributed by atoms with van der Waals surface area (Å²) < 4.78 is 0. The molecule has 0 aromatic heterocycles. The minimum absolute atomic E-state index is 0.186. The quantitative estimate of drug-likeness (QED) is 0.487. The van der Waals surface area contributed by atoms with E-state index in [0.717, 1.165) is 0 Å². The topological polar surface area (TPSA) is 34.1 Å². The van der Waals surface area contributed by atoms with Crippen LogP contribution in [0.1, 0.15) is 96.4 Å². The maximum absolute atomic E-state index is 13.9. The maximum atomic E-state index is 13.9. The van der Waals surface area contributed by atoms with Gasteiger partial charge in [-0.25, -0.2) is 0 Å². The van der Waals surface area contributed by atoms with E-state index < -0.39 is 10.8 Å². The van der Waals surface area contributed by atoms with Gasteiger partial charge in [0.2, 0.25) is 0 Å². The second-order valence-corrected chi connectivity index (χ2v) is 11.6. The molecule has 0 aliphatic heterocycles. The standard InChI is InChI=1S/C25H46O2/c1-15(2)17(4)18(5)19(6)20(7)25(13)21(27)22(8,9)23(10,11)24(25,12)14-16(3)26/h15,17-20H,14H2,1-13H3. The number of hydrogen-bond donors (Lipinski definition) is 0. The summed E-state index contributed by atoms with van der Waals surface area (Å²) in [5.74, 6) is 2.90. The largest absolute Gasteiger partial charge is 0.300 e. The molecule has 0 saturated heterocycles. The second kappa shape index (κ2) is 7.30. The molecule has 1 fully saturated rings. The van der Waals surface area contributed by atoms with E-state index in [1.54, 1.807) is 6.92 Å². The summed E-state index contributed by atoms with van der Waals surface area (Å²) in [6.45, 7) is 28.5. The van der Waals surface area contributed by atoms with Gasteiger partial charge in [0, 0.05) is 17.3 Å². The zero-order valence-electron chi connectivity index (χ0n) is 20.4. The number of carbonyl (C=O) groups is 2. The van der Waals surface area contributed by atoms with E-state index >= 15 is 0 Å². The normalized spacial score (nSPS) is 34.4. The Hall–Kier alpha value is -0.660. The average molecular weight is 379 g/mol. The van der Waals surface area contributed by atoms with E-state index in [1.165, 1.54) is 0 Å². The highest BCUT2D eigenvalue weighted by atomic mass is 16.1. The fraction of sp³-hybridized carbons (Fsp3) is 0.920. The Bertz CT molecular complexity index is 585. The van der Waals surface area contributed by atoms with Crippen LogP contribution < -0.4 is 0 Å². The molecule has 0 N–H and O–H groups in total. The Morgan fingerprint density at radius 3 is 1.63 bits per heavy atom. The first-order valence-electron chi connectivity index (χ1n) is 11.0. The highest BCUT2D eigenvalue weighted by Gasteiger charge is 2.73. The molecule has 0 heterocycles. The molecular weight excluding hydrogens is 332 g/mol. The molecule has 1 aliphatic carbocycles. The van der Waals surface area contributed by atoms with Gasteiger partial charge in [-0.2, -0.15) is 0 Å². The van der Waals surface area contributed by atoms with Gasteiger partial charge in [0.25, 0.3) is 0 Å². The Morgan fingerprint density at radius 1 is 0.815 bits per heavy atom. The molecule has 0 bridgehead atoms. The van der Waals surface area contributed by atoms with Gasteiger partial charge in [0.1, 0.15) is 11.6 Å². The van der Waals surface area contributed by atoms with Crippen molar-refractivity contribution in [2.24, 2.45) is 51.2 Å². The molecule has 158 valence electrons. The lowest BCUT2D eigenvalue weighted by Gasteiger charge is -2.53. The van der Waals surface area contributed by atoms with Crippen molar-refractivity contribution in [3.8, 4) is 0 Å². The van der Waals surface area contributed by atoms with Crippen LogP contribution in [0.15, 0.2) is 0 Å². The summed E-state index contributed by atoms with van der Waals surface area (Å²) in [4.78, 5) is 26.2. The van der Waals surface area contributed by atoms with E-state index in [9.17, 15) is 9.59 Å². The lowest BCUT2D eigenvalue weighted by Crippen LogP contribution is -2.50. The van der Waals surface area contributed by atoms with Gasteiger partial charge >= 0.3 is 0 Å². The van der Waals surface area contributed by atoms with Gasteiger partial charge in [-0.1, -0.05) is 83.1 Å². The lowest BCUT2D eigenvalue weighted by atomic mass is 9.50. The Morgan fingerprint density at radius 2 is 1.26 bits per heavy atom. The summed E-state index contributed by atoms with van der Waals surface area (Å²) in [6, 6.07) is 0. The summed E-state index contributed by atoms with van der Waals surface area (Å²) in [5, 5.41) is 0. The molecule has 2 heteroatoms. The van der Waals surface area contributed by atoms with Crippen LogP contribution in [0.5, 0.6) is 0 Å². The lowest BCUT2D eigenvalue weighted by molar-refractivity contribution is -0.141. The molecule has 1 saturated carbocycles. The zero-order valence-corrected chi connectivity index (χ0v) is 20.4. The molecule has 1 aliphatic rings. The minimum Gasteiger partial charge on any atom is -0.300 e. The van der Waals surface area contributed by atoms with Crippen molar-refractivity contribution in [2.75, 3.05) is 0 Å². The predicted molar refractivity (Wildman–Crippen MR) is 116 cm³/mol. The number of rotatable bonds is 7. The number of Topliss-reactive ketones (excluding diaryl/α,β-unsaturated/α-hetero) is 2. The van der Waals surface area contributed by atoms with Crippen LogP contribution in [0.3, 0.4) is 0 Å². The smallest absolute Gasteiger partial charge is 0.145 e. The van der Waals surface area contributed by atoms with Crippen molar-refractivity contribution >= 4 is 11.6 Å². The van der Waals surface area contributed by atoms with Gasteiger partial charge in [0.15, 0.2) is 0 Å². The van der Waals surface area contributed by atoms with E-state index in [-0.39, 0.29) is 22.5 Å². The second-order valence-electron chi connectivity index (χ2n) is 11.6. The van der Waals surface area contributed by atoms with Gasteiger partial charge in [-0.15, -0.1) is 0 Å². The van der Waals surface area contributed by atoms with Crippen molar-refractivity contribution in [1.82, 2.24) is 0 Å². The van der Waals surface area contributed by atoms with Gasteiger partial charge in [-0.3, -0.25) is 4.79 Å². The summed E-state index contributed by atoms with van der Waals surface area (Å²) >= 11 is 0. The number of hydrogen-bond acceptors (Lipinski definition) is 2. The molecule has 27 heavy (non-hydrogen) atoms. The van der Waals surface area contributed by atoms with E-state index in [2.05, 4.69) is 83.1 Å². The van der Waals surface area contributed by atoms with Crippen LogP contribution in [0.4, 0.5) is 0 Å². The van der Waals surface area contributed by atoms with Crippen molar-refractivity contribution < 1.29 is 9.59 Å².